The molecule has 1 aromatic heterocycles. The third-order valence-corrected chi connectivity index (χ3v) is 4.52. The molecule has 0 bridgehead atoms. The third-order valence-electron chi connectivity index (χ3n) is 4.52. The normalized spacial score (nSPS) is 24.9. The van der Waals surface area contributed by atoms with Crippen LogP contribution in [0.1, 0.15) is 45.4 Å². The molecule has 0 radical (unpaired) electrons. The number of aromatic nitrogens is 1. The number of piperazine rings is 1. The van der Waals surface area contributed by atoms with Crippen molar-refractivity contribution >= 4 is 0 Å². The molecular formula is C17H29N3. The van der Waals surface area contributed by atoms with Gasteiger partial charge in [0.2, 0.25) is 0 Å². The van der Waals surface area contributed by atoms with Crippen LogP contribution in [-0.4, -0.2) is 35.1 Å². The molecule has 3 heteroatoms. The van der Waals surface area contributed by atoms with Crippen LogP contribution >= 0.6 is 0 Å². The molecule has 1 aliphatic heterocycles. The lowest BCUT2D eigenvalue weighted by Crippen LogP contribution is -2.59. The largest absolute Gasteiger partial charge is 0.311 e. The molecule has 0 saturated carbocycles. The lowest BCUT2D eigenvalue weighted by atomic mass is 9.84. The standard InChI is InChI=1S/C17H29N3/c1-6-14-10-19-16(17(3,4)5)12-20(14)11-15-13(2)8-7-9-18-15/h7-9,14,16,19H,6,10-12H2,1-5H3. The van der Waals surface area contributed by atoms with E-state index in [1.807, 2.05) is 12.3 Å². The highest BCUT2D eigenvalue weighted by Gasteiger charge is 2.33. The van der Waals surface area contributed by atoms with E-state index in [1.165, 1.54) is 17.7 Å². The van der Waals surface area contributed by atoms with Crippen LogP contribution in [0, 0.1) is 12.3 Å². The van der Waals surface area contributed by atoms with Gasteiger partial charge in [0.1, 0.15) is 0 Å². The first kappa shape index (κ1) is 15.5. The molecule has 2 rings (SSSR count). The minimum Gasteiger partial charge on any atom is -0.311 e. The molecule has 0 spiro atoms. The van der Waals surface area contributed by atoms with Gasteiger partial charge in [0.25, 0.3) is 0 Å². The van der Waals surface area contributed by atoms with Gasteiger partial charge in [-0.15, -0.1) is 0 Å². The van der Waals surface area contributed by atoms with E-state index in [2.05, 4.69) is 55.9 Å². The first-order valence-electron chi connectivity index (χ1n) is 7.79. The number of nitrogens with zero attached hydrogens (tertiary/aromatic N) is 2. The van der Waals surface area contributed by atoms with E-state index < -0.39 is 0 Å². The van der Waals surface area contributed by atoms with Crippen LogP contribution in [-0.2, 0) is 6.54 Å². The van der Waals surface area contributed by atoms with E-state index in [-0.39, 0.29) is 0 Å². The predicted molar refractivity (Wildman–Crippen MR) is 84.7 cm³/mol. The fraction of sp³-hybridized carbons (Fsp3) is 0.706. The van der Waals surface area contributed by atoms with Gasteiger partial charge in [-0.05, 0) is 30.4 Å². The molecule has 0 aromatic carbocycles. The summed E-state index contributed by atoms with van der Waals surface area (Å²) in [5.41, 5.74) is 2.82. The Balaban J connectivity index is 2.12. The molecule has 0 aliphatic carbocycles. The van der Waals surface area contributed by atoms with Gasteiger partial charge in [0, 0.05) is 37.9 Å². The Hall–Kier alpha value is -0.930. The number of rotatable bonds is 3. The summed E-state index contributed by atoms with van der Waals surface area (Å²) in [6, 6.07) is 5.35. The van der Waals surface area contributed by atoms with Crippen molar-refractivity contribution in [3.8, 4) is 0 Å². The van der Waals surface area contributed by atoms with E-state index in [0.29, 0.717) is 17.5 Å². The summed E-state index contributed by atoms with van der Waals surface area (Å²) < 4.78 is 0. The van der Waals surface area contributed by atoms with Crippen molar-refractivity contribution in [3.63, 3.8) is 0 Å². The lowest BCUT2D eigenvalue weighted by molar-refractivity contribution is 0.0763. The van der Waals surface area contributed by atoms with Crippen molar-refractivity contribution in [3.05, 3.63) is 29.6 Å². The maximum atomic E-state index is 4.57. The zero-order valence-electron chi connectivity index (χ0n) is 13.6. The van der Waals surface area contributed by atoms with E-state index >= 15 is 0 Å². The minimum atomic E-state index is 0.302. The van der Waals surface area contributed by atoms with Crippen molar-refractivity contribution < 1.29 is 0 Å². The molecule has 0 amide bonds. The first-order chi connectivity index (χ1) is 9.41. The SMILES string of the molecule is CCC1CNC(C(C)(C)C)CN1Cc1ncccc1C. The molecular weight excluding hydrogens is 246 g/mol. The molecule has 1 aromatic rings. The molecule has 1 saturated heterocycles. The monoisotopic (exact) mass is 275 g/mol. The highest BCUT2D eigenvalue weighted by molar-refractivity contribution is 5.17. The van der Waals surface area contributed by atoms with Gasteiger partial charge in [-0.1, -0.05) is 33.8 Å². The third kappa shape index (κ3) is 3.58. The van der Waals surface area contributed by atoms with Gasteiger partial charge in [-0.3, -0.25) is 9.88 Å². The van der Waals surface area contributed by atoms with Crippen LogP contribution in [0.2, 0.25) is 0 Å². The minimum absolute atomic E-state index is 0.302. The van der Waals surface area contributed by atoms with Crippen molar-refractivity contribution in [1.82, 2.24) is 15.2 Å². The number of pyridine rings is 1. The Morgan fingerprint density at radius 3 is 2.75 bits per heavy atom. The molecule has 3 nitrogen and oxygen atoms in total. The Morgan fingerprint density at radius 2 is 2.15 bits per heavy atom. The summed E-state index contributed by atoms with van der Waals surface area (Å²) in [6.07, 6.45) is 3.10. The van der Waals surface area contributed by atoms with E-state index in [0.717, 1.165) is 19.6 Å². The zero-order chi connectivity index (χ0) is 14.8. The van der Waals surface area contributed by atoms with Crippen molar-refractivity contribution in [2.75, 3.05) is 13.1 Å². The number of nitrogens with one attached hydrogen (secondary N) is 1. The van der Waals surface area contributed by atoms with Gasteiger partial charge in [-0.2, -0.15) is 0 Å². The Kier molecular flexibility index (Phi) is 4.82. The van der Waals surface area contributed by atoms with Crippen molar-refractivity contribution in [1.29, 1.82) is 0 Å². The van der Waals surface area contributed by atoms with Crippen LogP contribution in [0.15, 0.2) is 18.3 Å². The first-order valence-corrected chi connectivity index (χ1v) is 7.79. The maximum Gasteiger partial charge on any atom is 0.0573 e. The fourth-order valence-electron chi connectivity index (χ4n) is 2.91. The van der Waals surface area contributed by atoms with Gasteiger partial charge >= 0.3 is 0 Å². The van der Waals surface area contributed by atoms with E-state index in [9.17, 15) is 0 Å². The summed E-state index contributed by atoms with van der Waals surface area (Å²) in [4.78, 5) is 7.18. The Morgan fingerprint density at radius 1 is 1.40 bits per heavy atom. The highest BCUT2D eigenvalue weighted by atomic mass is 15.2. The fourth-order valence-corrected chi connectivity index (χ4v) is 2.91. The lowest BCUT2D eigenvalue weighted by Gasteiger charge is -2.45. The molecule has 1 fully saturated rings. The summed E-state index contributed by atoms with van der Waals surface area (Å²) >= 11 is 0. The van der Waals surface area contributed by atoms with Gasteiger partial charge in [-0.25, -0.2) is 0 Å². The van der Waals surface area contributed by atoms with Crippen LogP contribution in [0.25, 0.3) is 0 Å². The van der Waals surface area contributed by atoms with Crippen molar-refractivity contribution in [2.24, 2.45) is 5.41 Å². The average molecular weight is 275 g/mol. The Labute approximate surface area is 123 Å². The topological polar surface area (TPSA) is 28.2 Å². The zero-order valence-corrected chi connectivity index (χ0v) is 13.6. The molecule has 2 unspecified atom stereocenters. The molecule has 2 heterocycles. The number of aryl methyl sites for hydroxylation is 1. The average Bonchev–Trinajstić information content (AvgIpc) is 2.40. The van der Waals surface area contributed by atoms with Crippen LogP contribution in [0.3, 0.4) is 0 Å². The van der Waals surface area contributed by atoms with Gasteiger partial charge < -0.3 is 5.32 Å². The highest BCUT2D eigenvalue weighted by Crippen LogP contribution is 2.25. The molecule has 20 heavy (non-hydrogen) atoms. The van der Waals surface area contributed by atoms with E-state index in [1.54, 1.807) is 0 Å². The summed E-state index contributed by atoms with van der Waals surface area (Å²) in [5.74, 6) is 0. The molecule has 1 aliphatic rings. The number of hydrogen-bond acceptors (Lipinski definition) is 3. The maximum absolute atomic E-state index is 4.57. The molecule has 112 valence electrons. The summed E-state index contributed by atoms with van der Waals surface area (Å²) in [6.45, 7) is 14.6. The summed E-state index contributed by atoms with van der Waals surface area (Å²) in [7, 11) is 0. The quantitative estimate of drug-likeness (QED) is 0.919. The second-order valence-electron chi connectivity index (χ2n) is 7.09. The van der Waals surface area contributed by atoms with E-state index in [4.69, 9.17) is 0 Å². The smallest absolute Gasteiger partial charge is 0.0573 e. The second-order valence-corrected chi connectivity index (χ2v) is 7.09. The van der Waals surface area contributed by atoms with Gasteiger partial charge in [0.05, 0.1) is 5.69 Å². The van der Waals surface area contributed by atoms with Gasteiger partial charge in [0.15, 0.2) is 0 Å². The second kappa shape index (κ2) is 6.23. The molecule has 2 atom stereocenters. The van der Waals surface area contributed by atoms with Crippen LogP contribution < -0.4 is 5.32 Å². The predicted octanol–water partition coefficient (Wildman–Crippen LogP) is 2.99. The Bertz CT molecular complexity index is 436. The van der Waals surface area contributed by atoms with Crippen LogP contribution in [0.5, 0.6) is 0 Å². The summed E-state index contributed by atoms with van der Waals surface area (Å²) in [5, 5.41) is 3.73. The number of hydrogen-bond donors (Lipinski definition) is 1. The van der Waals surface area contributed by atoms with Crippen molar-refractivity contribution in [2.45, 2.75) is 59.7 Å². The van der Waals surface area contributed by atoms with Crippen LogP contribution in [0.4, 0.5) is 0 Å². The molecule has 1 N–H and O–H groups in total.